The molecule has 0 bridgehead atoms. The van der Waals surface area contributed by atoms with E-state index in [-0.39, 0.29) is 11.3 Å². The van der Waals surface area contributed by atoms with Gasteiger partial charge in [0.2, 0.25) is 0 Å². The van der Waals surface area contributed by atoms with E-state index in [1.165, 1.54) is 18.2 Å². The monoisotopic (exact) mass is 356 g/mol. The van der Waals surface area contributed by atoms with Gasteiger partial charge in [-0.1, -0.05) is 19.1 Å². The van der Waals surface area contributed by atoms with Gasteiger partial charge in [0.1, 0.15) is 0 Å². The van der Waals surface area contributed by atoms with Crippen LogP contribution < -0.4 is 10.6 Å². The first-order chi connectivity index (χ1) is 11.2. The van der Waals surface area contributed by atoms with Crippen molar-refractivity contribution in [2.45, 2.75) is 19.1 Å². The number of carbonyl (C=O) groups is 3. The molecule has 0 aliphatic heterocycles. The Morgan fingerprint density at radius 3 is 2.54 bits per heavy atom. The molecule has 0 spiro atoms. The van der Waals surface area contributed by atoms with Crippen LogP contribution in [0.2, 0.25) is 0 Å². The van der Waals surface area contributed by atoms with Crippen LogP contribution >= 0.6 is 0 Å². The van der Waals surface area contributed by atoms with Crippen LogP contribution in [0.25, 0.3) is 0 Å². The summed E-state index contributed by atoms with van der Waals surface area (Å²) < 4.78 is 27.3. The molecule has 0 aliphatic carbocycles. The highest BCUT2D eigenvalue weighted by molar-refractivity contribution is 7.89. The summed E-state index contributed by atoms with van der Waals surface area (Å²) in [5, 5.41) is 4.46. The van der Waals surface area contributed by atoms with Gasteiger partial charge in [0.25, 0.3) is 5.91 Å². The third-order valence-electron chi connectivity index (χ3n) is 2.71. The van der Waals surface area contributed by atoms with Crippen molar-refractivity contribution in [2.24, 2.45) is 0 Å². The lowest BCUT2D eigenvalue weighted by Crippen LogP contribution is -2.41. The van der Waals surface area contributed by atoms with Crippen molar-refractivity contribution in [2.75, 3.05) is 19.4 Å². The van der Waals surface area contributed by atoms with Gasteiger partial charge < -0.3 is 10.1 Å². The number of urea groups is 1. The molecule has 9 heteroatoms. The fourth-order valence-corrected chi connectivity index (χ4v) is 2.54. The lowest BCUT2D eigenvalue weighted by atomic mass is 10.1. The average molecular weight is 356 g/mol. The van der Waals surface area contributed by atoms with Crippen molar-refractivity contribution in [3.8, 4) is 0 Å². The summed E-state index contributed by atoms with van der Waals surface area (Å²) in [5.74, 6) is -1.75. The standard InChI is InChI=1S/C15H20N2O6S/c1-3-7-16-15(20)17-13(18)9-23-14(19)12-6-4-5-11(8-12)10-24(2,21)22/h4-6,8H,3,7,9-10H2,1-2H3,(H2,16,17,18,20). The molecule has 0 fully saturated rings. The van der Waals surface area contributed by atoms with Gasteiger partial charge in [-0.2, -0.15) is 0 Å². The van der Waals surface area contributed by atoms with E-state index in [2.05, 4.69) is 5.32 Å². The van der Waals surface area contributed by atoms with E-state index in [0.717, 1.165) is 12.7 Å². The van der Waals surface area contributed by atoms with Gasteiger partial charge in [-0.15, -0.1) is 0 Å². The Bertz CT molecular complexity index is 714. The molecule has 0 radical (unpaired) electrons. The summed E-state index contributed by atoms with van der Waals surface area (Å²) in [6.07, 6.45) is 1.81. The minimum Gasteiger partial charge on any atom is -0.452 e. The number of hydrogen-bond donors (Lipinski definition) is 2. The second-order valence-corrected chi connectivity index (χ2v) is 7.29. The van der Waals surface area contributed by atoms with Crippen LogP contribution in [0.4, 0.5) is 4.79 Å². The topological polar surface area (TPSA) is 119 Å². The quantitative estimate of drug-likeness (QED) is 0.692. The number of nitrogens with one attached hydrogen (secondary N) is 2. The van der Waals surface area contributed by atoms with Gasteiger partial charge in [0.15, 0.2) is 16.4 Å². The number of amides is 3. The average Bonchev–Trinajstić information content (AvgIpc) is 2.49. The van der Waals surface area contributed by atoms with Crippen LogP contribution in [0, 0.1) is 0 Å². The maximum absolute atomic E-state index is 11.9. The first-order valence-electron chi connectivity index (χ1n) is 7.22. The summed E-state index contributed by atoms with van der Waals surface area (Å²) in [6, 6.07) is 5.26. The van der Waals surface area contributed by atoms with E-state index in [1.807, 2.05) is 12.2 Å². The SMILES string of the molecule is CCCNC(=O)NC(=O)COC(=O)c1cccc(CS(C)(=O)=O)c1. The van der Waals surface area contributed by atoms with Crippen LogP contribution in [0.5, 0.6) is 0 Å². The predicted molar refractivity (Wildman–Crippen MR) is 87.1 cm³/mol. The molecule has 3 amide bonds. The van der Waals surface area contributed by atoms with Gasteiger partial charge in [-0.3, -0.25) is 10.1 Å². The van der Waals surface area contributed by atoms with E-state index < -0.39 is 34.4 Å². The minimum atomic E-state index is -3.23. The summed E-state index contributed by atoms with van der Waals surface area (Å²) in [6.45, 7) is 1.67. The van der Waals surface area contributed by atoms with Gasteiger partial charge in [-0.25, -0.2) is 18.0 Å². The molecule has 1 rings (SSSR count). The molecule has 0 heterocycles. The fraction of sp³-hybridized carbons (Fsp3) is 0.400. The summed E-state index contributed by atoms with van der Waals surface area (Å²) in [5.41, 5.74) is 0.565. The van der Waals surface area contributed by atoms with Crippen LogP contribution in [0.15, 0.2) is 24.3 Å². The van der Waals surface area contributed by atoms with E-state index in [0.29, 0.717) is 12.1 Å². The van der Waals surface area contributed by atoms with Gasteiger partial charge >= 0.3 is 12.0 Å². The van der Waals surface area contributed by atoms with Crippen molar-refractivity contribution in [3.63, 3.8) is 0 Å². The molecule has 1 aromatic rings. The van der Waals surface area contributed by atoms with E-state index in [4.69, 9.17) is 4.74 Å². The van der Waals surface area contributed by atoms with Crippen LogP contribution in [0.1, 0.15) is 29.3 Å². The highest BCUT2D eigenvalue weighted by Gasteiger charge is 2.13. The second kappa shape index (κ2) is 9.02. The van der Waals surface area contributed by atoms with Crippen molar-refractivity contribution in [1.82, 2.24) is 10.6 Å². The Labute approximate surface area is 140 Å². The van der Waals surface area contributed by atoms with Crippen molar-refractivity contribution >= 4 is 27.7 Å². The molecular formula is C15H20N2O6S. The number of carbonyl (C=O) groups excluding carboxylic acids is 3. The normalized spacial score (nSPS) is 10.8. The maximum Gasteiger partial charge on any atom is 0.338 e. The lowest BCUT2D eigenvalue weighted by molar-refractivity contribution is -0.123. The Balaban J connectivity index is 2.55. The number of esters is 1. The van der Waals surface area contributed by atoms with E-state index in [1.54, 1.807) is 6.07 Å². The largest absolute Gasteiger partial charge is 0.452 e. The van der Waals surface area contributed by atoms with Crippen LogP contribution in [0.3, 0.4) is 0 Å². The number of hydrogen-bond acceptors (Lipinski definition) is 6. The molecule has 0 aliphatic rings. The third kappa shape index (κ3) is 7.73. The number of benzene rings is 1. The zero-order valence-corrected chi connectivity index (χ0v) is 14.3. The highest BCUT2D eigenvalue weighted by atomic mass is 32.2. The maximum atomic E-state index is 11.9. The molecule has 0 aromatic heterocycles. The zero-order chi connectivity index (χ0) is 18.2. The van der Waals surface area contributed by atoms with Crippen LogP contribution in [-0.4, -0.2) is 45.7 Å². The van der Waals surface area contributed by atoms with Crippen molar-refractivity contribution in [3.05, 3.63) is 35.4 Å². The van der Waals surface area contributed by atoms with Gasteiger partial charge in [0.05, 0.1) is 11.3 Å². The number of rotatable bonds is 7. The number of ether oxygens (including phenoxy) is 1. The van der Waals surface area contributed by atoms with Gasteiger partial charge in [0, 0.05) is 12.8 Å². The lowest BCUT2D eigenvalue weighted by Gasteiger charge is -2.07. The highest BCUT2D eigenvalue weighted by Crippen LogP contribution is 2.10. The molecule has 0 unspecified atom stereocenters. The summed E-state index contributed by atoms with van der Waals surface area (Å²) in [4.78, 5) is 34.6. The molecule has 0 atom stereocenters. The van der Waals surface area contributed by atoms with Crippen molar-refractivity contribution < 1.29 is 27.5 Å². The first-order valence-corrected chi connectivity index (χ1v) is 9.29. The zero-order valence-electron chi connectivity index (χ0n) is 13.5. The Morgan fingerprint density at radius 2 is 1.92 bits per heavy atom. The third-order valence-corrected chi connectivity index (χ3v) is 3.57. The molecule has 2 N–H and O–H groups in total. The fourth-order valence-electron chi connectivity index (χ4n) is 1.75. The number of imide groups is 1. The van der Waals surface area contributed by atoms with Gasteiger partial charge in [-0.05, 0) is 24.1 Å². The Hall–Kier alpha value is -2.42. The Morgan fingerprint density at radius 1 is 1.21 bits per heavy atom. The van der Waals surface area contributed by atoms with E-state index in [9.17, 15) is 22.8 Å². The molecule has 132 valence electrons. The van der Waals surface area contributed by atoms with Crippen molar-refractivity contribution in [1.29, 1.82) is 0 Å². The molecule has 8 nitrogen and oxygen atoms in total. The molecule has 1 aromatic carbocycles. The predicted octanol–water partition coefficient (Wildman–Crippen LogP) is 0.624. The molecular weight excluding hydrogens is 336 g/mol. The summed E-state index contributed by atoms with van der Waals surface area (Å²) in [7, 11) is -3.23. The smallest absolute Gasteiger partial charge is 0.338 e. The Kier molecular flexibility index (Phi) is 7.37. The summed E-state index contributed by atoms with van der Waals surface area (Å²) >= 11 is 0. The molecule has 24 heavy (non-hydrogen) atoms. The molecule has 0 saturated carbocycles. The molecule has 0 saturated heterocycles. The second-order valence-electron chi connectivity index (χ2n) is 5.15. The number of sulfone groups is 1. The minimum absolute atomic E-state index is 0.124. The van der Waals surface area contributed by atoms with E-state index >= 15 is 0 Å². The van der Waals surface area contributed by atoms with Crippen LogP contribution in [-0.2, 0) is 25.1 Å². The first kappa shape index (κ1) is 19.6.